The van der Waals surface area contributed by atoms with Crippen LogP contribution in [-0.4, -0.2) is 49.9 Å². The van der Waals surface area contributed by atoms with E-state index in [1.54, 1.807) is 24.4 Å². The van der Waals surface area contributed by atoms with Crippen LogP contribution in [0.5, 0.6) is 28.7 Å². The summed E-state index contributed by atoms with van der Waals surface area (Å²) in [6.45, 7) is 2.83. The number of halogens is 1. The quantitative estimate of drug-likeness (QED) is 0.0762. The van der Waals surface area contributed by atoms with Gasteiger partial charge in [0.2, 0.25) is 12.5 Å². The first-order valence-electron chi connectivity index (χ1n) is 16.2. The summed E-state index contributed by atoms with van der Waals surface area (Å²) in [6, 6.07) is 20.4. The molecule has 0 radical (unpaired) electrons. The molecule has 3 atom stereocenters. The van der Waals surface area contributed by atoms with Crippen molar-refractivity contribution in [3.05, 3.63) is 111 Å². The molecule has 2 aliphatic heterocycles. The molecular formula is C39H32ClNO9. The summed E-state index contributed by atoms with van der Waals surface area (Å²) >= 11 is 6.24. The molecule has 254 valence electrons. The summed E-state index contributed by atoms with van der Waals surface area (Å²) in [6.07, 6.45) is 2.32. The highest BCUT2D eigenvalue weighted by Gasteiger charge is 2.48. The number of hydrogen-bond acceptors (Lipinski definition) is 9. The molecule has 0 unspecified atom stereocenters. The number of carbonyl (C=O) groups is 3. The summed E-state index contributed by atoms with van der Waals surface area (Å²) in [7, 11) is 2.87. The number of fused-ring (bicyclic) bond motifs is 4. The van der Waals surface area contributed by atoms with E-state index in [4.69, 9.17) is 40.0 Å². The van der Waals surface area contributed by atoms with Crippen molar-refractivity contribution in [2.45, 2.75) is 25.8 Å². The molecule has 0 amide bonds. The molecule has 11 heteroatoms. The van der Waals surface area contributed by atoms with Crippen LogP contribution in [0.25, 0.3) is 10.9 Å². The van der Waals surface area contributed by atoms with Crippen LogP contribution in [0.2, 0.25) is 5.02 Å². The van der Waals surface area contributed by atoms with Gasteiger partial charge in [-0.25, -0.2) is 4.79 Å². The van der Waals surface area contributed by atoms with Crippen molar-refractivity contribution in [1.82, 2.24) is 4.57 Å². The monoisotopic (exact) mass is 693 g/mol. The zero-order valence-electron chi connectivity index (χ0n) is 27.5. The second-order valence-corrected chi connectivity index (χ2v) is 13.2. The Morgan fingerprint density at radius 1 is 0.940 bits per heavy atom. The molecule has 4 aromatic carbocycles. The third-order valence-electron chi connectivity index (χ3n) is 9.84. The van der Waals surface area contributed by atoms with E-state index in [0.29, 0.717) is 47.0 Å². The van der Waals surface area contributed by atoms with Gasteiger partial charge in [0.1, 0.15) is 0 Å². The van der Waals surface area contributed by atoms with E-state index in [-0.39, 0.29) is 41.5 Å². The maximum absolute atomic E-state index is 13.8. The molecule has 0 bridgehead atoms. The number of esters is 2. The molecule has 1 aliphatic carbocycles. The Kier molecular flexibility index (Phi) is 7.91. The van der Waals surface area contributed by atoms with Gasteiger partial charge >= 0.3 is 11.9 Å². The summed E-state index contributed by atoms with van der Waals surface area (Å²) < 4.78 is 36.0. The second kappa shape index (κ2) is 12.4. The van der Waals surface area contributed by atoms with Gasteiger partial charge in [0.05, 0.1) is 37.8 Å². The SMILES string of the molecule is COc1cc([C@@H]2c3cc4c(cc3C[C@H]3COC(=O)[C@@H]32)OCO4)cc(OC)c1OC(=O)C(=O)c1cn(Cc2cccc(Cl)c2)c2c(C)cccc12. The van der Waals surface area contributed by atoms with Crippen molar-refractivity contribution in [2.75, 3.05) is 27.6 Å². The summed E-state index contributed by atoms with van der Waals surface area (Å²) in [5.41, 5.74) is 5.54. The Balaban J connectivity index is 1.15. The normalized spacial score (nSPS) is 18.7. The van der Waals surface area contributed by atoms with Gasteiger partial charge in [0.25, 0.3) is 5.78 Å². The van der Waals surface area contributed by atoms with Gasteiger partial charge in [-0.1, -0.05) is 41.9 Å². The zero-order chi connectivity index (χ0) is 34.7. The van der Waals surface area contributed by atoms with E-state index >= 15 is 0 Å². The van der Waals surface area contributed by atoms with E-state index in [1.165, 1.54) is 14.2 Å². The Hall–Kier alpha value is -5.48. The van der Waals surface area contributed by atoms with E-state index in [2.05, 4.69) is 0 Å². The van der Waals surface area contributed by atoms with Gasteiger partial charge in [-0.15, -0.1) is 0 Å². The molecule has 0 N–H and O–H groups in total. The first-order valence-corrected chi connectivity index (χ1v) is 16.6. The molecular weight excluding hydrogens is 662 g/mol. The Morgan fingerprint density at radius 3 is 2.42 bits per heavy atom. The number of para-hydroxylation sites is 1. The van der Waals surface area contributed by atoms with Crippen LogP contribution in [0.3, 0.4) is 0 Å². The molecule has 8 rings (SSSR count). The summed E-state index contributed by atoms with van der Waals surface area (Å²) in [5.74, 6) is -1.61. The minimum atomic E-state index is -1.10. The van der Waals surface area contributed by atoms with E-state index in [1.807, 2.05) is 60.0 Å². The molecule has 0 saturated carbocycles. The van der Waals surface area contributed by atoms with Gasteiger partial charge in [0, 0.05) is 35.0 Å². The number of ether oxygens (including phenoxy) is 6. The Labute approximate surface area is 292 Å². The number of nitrogens with zero attached hydrogens (tertiary/aromatic N) is 1. The van der Waals surface area contributed by atoms with Gasteiger partial charge in [-0.3, -0.25) is 9.59 Å². The van der Waals surface area contributed by atoms with Crippen molar-refractivity contribution in [2.24, 2.45) is 11.8 Å². The Bertz CT molecular complexity index is 2200. The fraction of sp³-hybridized carbons (Fsp3) is 0.256. The molecule has 5 aromatic rings. The second-order valence-electron chi connectivity index (χ2n) is 12.7. The first-order chi connectivity index (χ1) is 24.2. The molecule has 0 spiro atoms. The number of cyclic esters (lactones) is 1. The number of benzene rings is 4. The molecule has 1 saturated heterocycles. The molecule has 1 aromatic heterocycles. The summed E-state index contributed by atoms with van der Waals surface area (Å²) in [5, 5.41) is 1.23. The highest BCUT2D eigenvalue weighted by atomic mass is 35.5. The van der Waals surface area contributed by atoms with Crippen LogP contribution in [0.1, 0.15) is 44.1 Å². The van der Waals surface area contributed by atoms with Crippen LogP contribution in [0, 0.1) is 18.8 Å². The number of ketones is 1. The smallest absolute Gasteiger partial charge is 0.385 e. The fourth-order valence-electron chi connectivity index (χ4n) is 7.62. The zero-order valence-corrected chi connectivity index (χ0v) is 28.2. The van der Waals surface area contributed by atoms with Gasteiger partial charge in [-0.2, -0.15) is 0 Å². The molecule has 1 fully saturated rings. The Morgan fingerprint density at radius 2 is 1.68 bits per heavy atom. The molecule has 3 heterocycles. The van der Waals surface area contributed by atoms with Crippen LogP contribution in [0.4, 0.5) is 0 Å². The fourth-order valence-corrected chi connectivity index (χ4v) is 7.83. The standard InChI is InChI=1S/C39H32ClNO9/c1-20-6-4-9-26-28(17-41(35(20)26)16-21-7-5-8-25(40)10-21)36(42)39(44)50-37-31(45-2)13-23(14-32(37)46-3)33-27-15-30-29(48-19-49-30)12-22(27)11-24-18-47-38(43)34(24)33/h4-10,12-15,17,24,33-34H,11,16,18-19H2,1-3H3/t24-,33+,34-/m0/s1. The number of aryl methyl sites for hydroxylation is 1. The number of hydrogen-bond donors (Lipinski definition) is 0. The van der Waals surface area contributed by atoms with Crippen LogP contribution in [0.15, 0.2) is 72.9 Å². The van der Waals surface area contributed by atoms with E-state index in [0.717, 1.165) is 27.8 Å². The predicted octanol–water partition coefficient (Wildman–Crippen LogP) is 6.66. The lowest BCUT2D eigenvalue weighted by atomic mass is 9.67. The van der Waals surface area contributed by atoms with Crippen molar-refractivity contribution >= 4 is 40.2 Å². The molecule has 10 nitrogen and oxygen atoms in total. The lowest BCUT2D eigenvalue weighted by molar-refractivity contribution is -0.141. The van der Waals surface area contributed by atoms with Crippen molar-refractivity contribution in [3.8, 4) is 28.7 Å². The highest BCUT2D eigenvalue weighted by Crippen LogP contribution is 2.52. The average Bonchev–Trinajstić information content (AvgIpc) is 3.83. The number of carbonyl (C=O) groups excluding carboxylic acids is 3. The van der Waals surface area contributed by atoms with Crippen molar-refractivity contribution in [3.63, 3.8) is 0 Å². The van der Waals surface area contributed by atoms with E-state index < -0.39 is 23.6 Å². The maximum atomic E-state index is 13.8. The lowest BCUT2D eigenvalue weighted by Gasteiger charge is -2.34. The third kappa shape index (κ3) is 5.31. The van der Waals surface area contributed by atoms with Crippen LogP contribution in [-0.2, 0) is 27.3 Å². The topological polar surface area (TPSA) is 112 Å². The maximum Gasteiger partial charge on any atom is 0.385 e. The van der Waals surface area contributed by atoms with Gasteiger partial charge in [0.15, 0.2) is 23.0 Å². The number of methoxy groups -OCH3 is 2. The predicted molar refractivity (Wildman–Crippen MR) is 183 cm³/mol. The third-order valence-corrected chi connectivity index (χ3v) is 10.1. The largest absolute Gasteiger partial charge is 0.493 e. The molecule has 3 aliphatic rings. The minimum Gasteiger partial charge on any atom is -0.493 e. The van der Waals surface area contributed by atoms with Gasteiger partial charge < -0.3 is 33.0 Å². The lowest BCUT2D eigenvalue weighted by Crippen LogP contribution is -2.31. The number of rotatable bonds is 8. The highest BCUT2D eigenvalue weighted by molar-refractivity contribution is 6.43. The first kappa shape index (κ1) is 31.8. The number of Topliss-reactive ketones (excluding diaryl/α,β-unsaturated/α-hetero) is 1. The van der Waals surface area contributed by atoms with Crippen LogP contribution < -0.4 is 23.7 Å². The minimum absolute atomic E-state index is 0.0443. The van der Waals surface area contributed by atoms with Crippen molar-refractivity contribution in [1.29, 1.82) is 0 Å². The molecule has 50 heavy (non-hydrogen) atoms. The van der Waals surface area contributed by atoms with E-state index in [9.17, 15) is 14.4 Å². The van der Waals surface area contributed by atoms with Crippen molar-refractivity contribution < 1.29 is 42.8 Å². The van der Waals surface area contributed by atoms with Gasteiger partial charge in [-0.05, 0) is 77.6 Å². The summed E-state index contributed by atoms with van der Waals surface area (Å²) in [4.78, 5) is 40.6. The van der Waals surface area contributed by atoms with Crippen LogP contribution >= 0.6 is 11.6 Å². The average molecular weight is 694 g/mol. The number of aromatic nitrogens is 1.